The van der Waals surface area contributed by atoms with Crippen LogP contribution < -0.4 is 16.4 Å². The van der Waals surface area contributed by atoms with Crippen molar-refractivity contribution in [3.63, 3.8) is 0 Å². The molecule has 0 aliphatic carbocycles. The van der Waals surface area contributed by atoms with E-state index >= 15 is 0 Å². The van der Waals surface area contributed by atoms with E-state index in [4.69, 9.17) is 5.73 Å². The molecule has 2 aliphatic heterocycles. The molecule has 44 heavy (non-hydrogen) atoms. The summed E-state index contributed by atoms with van der Waals surface area (Å²) in [5.41, 5.74) is 8.40. The molecule has 3 unspecified atom stereocenters. The molecule has 232 valence electrons. The Labute approximate surface area is 266 Å². The first-order valence-corrected chi connectivity index (χ1v) is 17.7. The molecule has 0 radical (unpaired) electrons. The molecule has 0 aromatic heterocycles. The van der Waals surface area contributed by atoms with Crippen molar-refractivity contribution in [1.29, 1.82) is 0 Å². The zero-order chi connectivity index (χ0) is 31.3. The fraction of sp³-hybridized carbons (Fsp3) is 0.323. The zero-order valence-corrected chi connectivity index (χ0v) is 26.7. The third-order valence-electron chi connectivity index (χ3n) is 7.62. The van der Waals surface area contributed by atoms with Gasteiger partial charge in [-0.05, 0) is 35.2 Å². The van der Waals surface area contributed by atoms with Gasteiger partial charge in [0.2, 0.25) is 26.8 Å². The van der Waals surface area contributed by atoms with E-state index in [0.29, 0.717) is 31.0 Å². The molecule has 2 heterocycles. The van der Waals surface area contributed by atoms with Gasteiger partial charge in [0.1, 0.15) is 5.37 Å². The van der Waals surface area contributed by atoms with Gasteiger partial charge in [-0.2, -0.15) is 4.31 Å². The Hall–Kier alpha value is -3.36. The molecule has 3 aromatic rings. The highest BCUT2D eigenvalue weighted by molar-refractivity contribution is 8.03. The Kier molecular flexibility index (Phi) is 10.0. The minimum absolute atomic E-state index is 0.0459. The van der Waals surface area contributed by atoms with Crippen LogP contribution in [0.3, 0.4) is 0 Å². The monoisotopic (exact) mass is 653 g/mol. The van der Waals surface area contributed by atoms with Gasteiger partial charge >= 0.3 is 0 Å². The first-order valence-electron chi connectivity index (χ1n) is 14.2. The van der Waals surface area contributed by atoms with Crippen LogP contribution in [0.4, 0.5) is 0 Å². The third-order valence-corrected chi connectivity index (χ3v) is 12.3. The number of nitrogens with one attached hydrogen (secondary N) is 2. The molecule has 2 fully saturated rings. The van der Waals surface area contributed by atoms with Gasteiger partial charge in [-0.3, -0.25) is 14.4 Å². The standard InChI is InChI=1S/C31H35N5O5S3/c1-22(37)33-17-16-27(25-10-6-3-7-11-25)34-30(39)31(35-18-20-42-29(35)28(32)38)36(19-21-43-31)44(40,41)26-14-12-24(13-15-26)23-8-4-2-5-9-23/h2-15,27,29H,16-21H2,1H3,(H2,32,38)(H,33,37)(H,34,39). The van der Waals surface area contributed by atoms with E-state index in [1.54, 1.807) is 29.2 Å². The van der Waals surface area contributed by atoms with E-state index in [1.165, 1.54) is 34.8 Å². The van der Waals surface area contributed by atoms with Crippen molar-refractivity contribution in [1.82, 2.24) is 19.8 Å². The Bertz CT molecular complexity index is 1590. The highest BCUT2D eigenvalue weighted by atomic mass is 32.2. The second kappa shape index (κ2) is 13.7. The lowest BCUT2D eigenvalue weighted by atomic mass is 10.0. The molecule has 0 bridgehead atoms. The number of sulfonamides is 1. The molecule has 4 N–H and O–H groups in total. The Balaban J connectivity index is 1.53. The van der Waals surface area contributed by atoms with Gasteiger partial charge in [-0.1, -0.05) is 72.8 Å². The lowest BCUT2D eigenvalue weighted by Crippen LogP contribution is -2.67. The molecular weight excluding hydrogens is 619 g/mol. The largest absolute Gasteiger partial charge is 0.368 e. The number of nitrogens with zero attached hydrogens (tertiary/aromatic N) is 2. The van der Waals surface area contributed by atoms with Gasteiger partial charge in [-0.15, -0.1) is 23.5 Å². The van der Waals surface area contributed by atoms with Gasteiger partial charge in [0.25, 0.3) is 5.91 Å². The number of thioether (sulfide) groups is 2. The molecule has 5 rings (SSSR count). The van der Waals surface area contributed by atoms with Crippen LogP contribution in [0.1, 0.15) is 24.9 Å². The minimum Gasteiger partial charge on any atom is -0.368 e. The average Bonchev–Trinajstić information content (AvgIpc) is 3.71. The van der Waals surface area contributed by atoms with Crippen molar-refractivity contribution in [3.05, 3.63) is 90.5 Å². The third kappa shape index (κ3) is 6.52. The van der Waals surface area contributed by atoms with Crippen molar-refractivity contribution in [2.75, 3.05) is 31.1 Å². The van der Waals surface area contributed by atoms with Crippen LogP contribution in [0.25, 0.3) is 11.1 Å². The van der Waals surface area contributed by atoms with Gasteiger partial charge in [0, 0.05) is 38.1 Å². The quantitative estimate of drug-likeness (QED) is 0.287. The van der Waals surface area contributed by atoms with E-state index in [2.05, 4.69) is 10.6 Å². The first-order chi connectivity index (χ1) is 21.1. The number of hydrogen-bond donors (Lipinski definition) is 3. The van der Waals surface area contributed by atoms with E-state index in [1.807, 2.05) is 60.7 Å². The van der Waals surface area contributed by atoms with Crippen molar-refractivity contribution in [2.24, 2.45) is 5.73 Å². The van der Waals surface area contributed by atoms with Crippen molar-refractivity contribution >= 4 is 51.3 Å². The van der Waals surface area contributed by atoms with Gasteiger partial charge in [0.15, 0.2) is 0 Å². The van der Waals surface area contributed by atoms with Crippen molar-refractivity contribution in [3.8, 4) is 11.1 Å². The first kappa shape index (κ1) is 32.0. The minimum atomic E-state index is -4.21. The number of rotatable bonds is 11. The van der Waals surface area contributed by atoms with Crippen LogP contribution in [0.5, 0.6) is 0 Å². The van der Waals surface area contributed by atoms with Crippen LogP contribution in [0.2, 0.25) is 0 Å². The molecule has 10 nitrogen and oxygen atoms in total. The smallest absolute Gasteiger partial charge is 0.268 e. The number of benzene rings is 3. The van der Waals surface area contributed by atoms with Gasteiger partial charge in [0.05, 0.1) is 10.9 Å². The molecule has 0 saturated carbocycles. The number of primary amides is 1. The van der Waals surface area contributed by atoms with Crippen LogP contribution in [0.15, 0.2) is 89.8 Å². The molecular formula is C31H35N5O5S3. The van der Waals surface area contributed by atoms with Gasteiger partial charge in [-0.25, -0.2) is 13.3 Å². The summed E-state index contributed by atoms with van der Waals surface area (Å²) in [7, 11) is -4.21. The molecule has 0 spiro atoms. The lowest BCUT2D eigenvalue weighted by Gasteiger charge is -2.44. The second-order valence-corrected chi connectivity index (χ2v) is 14.8. The maximum atomic E-state index is 14.6. The van der Waals surface area contributed by atoms with Crippen molar-refractivity contribution < 1.29 is 22.8 Å². The summed E-state index contributed by atoms with van der Waals surface area (Å²) in [4.78, 5) is 38.7. The van der Waals surface area contributed by atoms with Crippen molar-refractivity contribution in [2.45, 2.75) is 34.7 Å². The molecule has 3 amide bonds. The summed E-state index contributed by atoms with van der Waals surface area (Å²) in [6, 6.07) is 25.0. The predicted molar refractivity (Wildman–Crippen MR) is 174 cm³/mol. The van der Waals surface area contributed by atoms with Crippen LogP contribution >= 0.6 is 23.5 Å². The molecule has 2 saturated heterocycles. The van der Waals surface area contributed by atoms with Crippen LogP contribution in [0, 0.1) is 0 Å². The lowest BCUT2D eigenvalue weighted by molar-refractivity contribution is -0.136. The SMILES string of the molecule is CC(=O)NCCC(NC(=O)C1(N2CCSC2C(N)=O)SCCN1S(=O)(=O)c1ccc(-c2ccccc2)cc1)c1ccccc1. The number of amides is 3. The maximum Gasteiger partial charge on any atom is 0.268 e. The topological polar surface area (TPSA) is 142 Å². The van der Waals surface area contributed by atoms with E-state index < -0.39 is 38.2 Å². The second-order valence-electron chi connectivity index (χ2n) is 10.5. The summed E-state index contributed by atoms with van der Waals surface area (Å²) < 4.78 is 30.0. The summed E-state index contributed by atoms with van der Waals surface area (Å²) in [5.74, 6) is -0.548. The fourth-order valence-electron chi connectivity index (χ4n) is 5.56. The molecule has 3 aromatic carbocycles. The predicted octanol–water partition coefficient (Wildman–Crippen LogP) is 2.99. The normalized spacial score (nSPS) is 21.5. The van der Waals surface area contributed by atoms with E-state index in [9.17, 15) is 22.8 Å². The van der Waals surface area contributed by atoms with Crippen LogP contribution in [-0.2, 0) is 24.4 Å². The molecule has 13 heteroatoms. The van der Waals surface area contributed by atoms with Gasteiger partial charge < -0.3 is 16.4 Å². The molecule has 2 aliphatic rings. The highest BCUT2D eigenvalue weighted by Gasteiger charge is 2.61. The number of nitrogens with two attached hydrogens (primary N) is 1. The Morgan fingerprint density at radius 3 is 2.20 bits per heavy atom. The summed E-state index contributed by atoms with van der Waals surface area (Å²) in [6.07, 6.45) is 0.373. The van der Waals surface area contributed by atoms with E-state index in [-0.39, 0.29) is 17.3 Å². The van der Waals surface area contributed by atoms with Crippen LogP contribution in [-0.4, -0.2) is 76.9 Å². The zero-order valence-electron chi connectivity index (χ0n) is 24.2. The number of carbonyl (C=O) groups is 3. The molecule has 3 atom stereocenters. The highest BCUT2D eigenvalue weighted by Crippen LogP contribution is 2.47. The number of hydrogen-bond acceptors (Lipinski definition) is 8. The van der Waals surface area contributed by atoms with E-state index in [0.717, 1.165) is 16.7 Å². The summed E-state index contributed by atoms with van der Waals surface area (Å²) >= 11 is 2.47. The Morgan fingerprint density at radius 2 is 1.57 bits per heavy atom. The maximum absolute atomic E-state index is 14.6. The summed E-state index contributed by atoms with van der Waals surface area (Å²) in [6.45, 7) is 2.08. The Morgan fingerprint density at radius 1 is 0.932 bits per heavy atom. The fourth-order valence-corrected chi connectivity index (χ4v) is 10.2. The average molecular weight is 654 g/mol. The summed E-state index contributed by atoms with van der Waals surface area (Å²) in [5, 5.41) is 4.97. The number of carbonyl (C=O) groups excluding carboxylic acids is 3.